The molecule has 23 heavy (non-hydrogen) atoms. The van der Waals surface area contributed by atoms with Gasteiger partial charge in [0.05, 0.1) is 12.2 Å². The molecule has 3 atom stereocenters. The van der Waals surface area contributed by atoms with E-state index in [0.717, 1.165) is 18.4 Å². The molecule has 0 aliphatic carbocycles. The summed E-state index contributed by atoms with van der Waals surface area (Å²) in [6.07, 6.45) is 2.67. The van der Waals surface area contributed by atoms with E-state index in [1.54, 1.807) is 0 Å². The highest BCUT2D eigenvalue weighted by Crippen LogP contribution is 2.20. The maximum absolute atomic E-state index is 12.1. The van der Waals surface area contributed by atoms with Crippen molar-refractivity contribution >= 4 is 6.03 Å². The minimum absolute atomic E-state index is 0.109. The maximum Gasteiger partial charge on any atom is 0.315 e. The summed E-state index contributed by atoms with van der Waals surface area (Å²) in [5, 5.41) is 15.2. The SMILES string of the molecule is CC1CC(NC(=O)NCC(CCO)c2ccccc2)CC(C)O1. The quantitative estimate of drug-likeness (QED) is 0.754. The molecule has 0 radical (unpaired) electrons. The van der Waals surface area contributed by atoms with Crippen molar-refractivity contribution in [3.63, 3.8) is 0 Å². The van der Waals surface area contributed by atoms with Crippen LogP contribution in [0.15, 0.2) is 30.3 Å². The summed E-state index contributed by atoms with van der Waals surface area (Å²) < 4.78 is 5.69. The van der Waals surface area contributed by atoms with E-state index in [2.05, 4.69) is 10.6 Å². The fourth-order valence-corrected chi connectivity index (χ4v) is 3.24. The number of aliphatic hydroxyl groups is 1. The van der Waals surface area contributed by atoms with Crippen molar-refractivity contribution in [3.8, 4) is 0 Å². The van der Waals surface area contributed by atoms with E-state index in [9.17, 15) is 9.90 Å². The lowest BCUT2D eigenvalue weighted by atomic mass is 9.96. The van der Waals surface area contributed by atoms with Crippen LogP contribution in [0.4, 0.5) is 4.79 Å². The number of amides is 2. The van der Waals surface area contributed by atoms with Gasteiger partial charge in [-0.1, -0.05) is 30.3 Å². The number of hydrogen-bond donors (Lipinski definition) is 3. The van der Waals surface area contributed by atoms with E-state index in [1.807, 2.05) is 44.2 Å². The number of hydrogen-bond acceptors (Lipinski definition) is 3. The number of carbonyl (C=O) groups is 1. The Morgan fingerprint density at radius 1 is 1.26 bits per heavy atom. The van der Waals surface area contributed by atoms with Crippen molar-refractivity contribution in [2.24, 2.45) is 0 Å². The Hall–Kier alpha value is -1.59. The molecule has 128 valence electrons. The lowest BCUT2D eigenvalue weighted by molar-refractivity contribution is -0.0402. The van der Waals surface area contributed by atoms with Crippen LogP contribution in [0.25, 0.3) is 0 Å². The van der Waals surface area contributed by atoms with Crippen molar-refractivity contribution in [2.45, 2.75) is 57.3 Å². The Morgan fingerprint density at radius 2 is 1.91 bits per heavy atom. The van der Waals surface area contributed by atoms with E-state index in [1.165, 1.54) is 0 Å². The number of nitrogens with one attached hydrogen (secondary N) is 2. The fraction of sp³-hybridized carbons (Fsp3) is 0.611. The Kier molecular flexibility index (Phi) is 6.86. The van der Waals surface area contributed by atoms with Crippen LogP contribution < -0.4 is 10.6 Å². The van der Waals surface area contributed by atoms with Crippen molar-refractivity contribution in [1.82, 2.24) is 10.6 Å². The third kappa shape index (κ3) is 5.84. The van der Waals surface area contributed by atoms with Gasteiger partial charge >= 0.3 is 6.03 Å². The minimum Gasteiger partial charge on any atom is -0.396 e. The van der Waals surface area contributed by atoms with Crippen molar-refractivity contribution in [1.29, 1.82) is 0 Å². The van der Waals surface area contributed by atoms with Crippen molar-refractivity contribution < 1.29 is 14.6 Å². The van der Waals surface area contributed by atoms with Gasteiger partial charge in [0.15, 0.2) is 0 Å². The van der Waals surface area contributed by atoms with Gasteiger partial charge in [0.25, 0.3) is 0 Å². The Balaban J connectivity index is 1.82. The summed E-state index contributed by atoms with van der Waals surface area (Å²) in [6.45, 7) is 4.70. The molecule has 1 fully saturated rings. The second-order valence-corrected chi connectivity index (χ2v) is 6.40. The van der Waals surface area contributed by atoms with Gasteiger partial charge in [0.2, 0.25) is 0 Å². The van der Waals surface area contributed by atoms with Crippen LogP contribution in [0, 0.1) is 0 Å². The first-order valence-electron chi connectivity index (χ1n) is 8.44. The monoisotopic (exact) mass is 320 g/mol. The molecule has 0 saturated carbocycles. The summed E-state index contributed by atoms with van der Waals surface area (Å²) in [7, 11) is 0. The molecule has 3 unspecified atom stereocenters. The van der Waals surface area contributed by atoms with Crippen molar-refractivity contribution in [3.05, 3.63) is 35.9 Å². The van der Waals surface area contributed by atoms with E-state index in [-0.39, 0.29) is 36.8 Å². The molecular weight excluding hydrogens is 292 g/mol. The molecule has 1 saturated heterocycles. The molecule has 2 amide bonds. The molecule has 1 heterocycles. The average Bonchev–Trinajstić information content (AvgIpc) is 2.51. The Morgan fingerprint density at radius 3 is 2.52 bits per heavy atom. The first-order chi connectivity index (χ1) is 11.1. The van der Waals surface area contributed by atoms with Gasteiger partial charge in [0.1, 0.15) is 0 Å². The van der Waals surface area contributed by atoms with Crippen LogP contribution >= 0.6 is 0 Å². The predicted molar refractivity (Wildman–Crippen MR) is 90.5 cm³/mol. The second kappa shape index (κ2) is 8.89. The van der Waals surface area contributed by atoms with Crippen LogP contribution in [0.3, 0.4) is 0 Å². The second-order valence-electron chi connectivity index (χ2n) is 6.40. The average molecular weight is 320 g/mol. The minimum atomic E-state index is -0.143. The Bertz CT molecular complexity index is 470. The molecule has 3 N–H and O–H groups in total. The van der Waals surface area contributed by atoms with E-state index in [4.69, 9.17) is 4.74 Å². The number of carbonyl (C=O) groups excluding carboxylic acids is 1. The number of aliphatic hydroxyl groups excluding tert-OH is 1. The van der Waals surface area contributed by atoms with Crippen LogP contribution in [0.2, 0.25) is 0 Å². The van der Waals surface area contributed by atoms with Gasteiger partial charge in [-0.2, -0.15) is 0 Å². The lowest BCUT2D eigenvalue weighted by Crippen LogP contribution is -2.48. The van der Waals surface area contributed by atoms with E-state index < -0.39 is 0 Å². The standard InChI is InChI=1S/C18H28N2O3/c1-13-10-17(11-14(2)23-13)20-18(22)19-12-16(8-9-21)15-6-4-3-5-7-15/h3-7,13-14,16-17,21H,8-12H2,1-2H3,(H2,19,20,22). The first-order valence-corrected chi connectivity index (χ1v) is 8.44. The van der Waals surface area contributed by atoms with E-state index >= 15 is 0 Å². The molecule has 0 spiro atoms. The molecule has 0 bridgehead atoms. The van der Waals surface area contributed by atoms with Gasteiger partial charge < -0.3 is 20.5 Å². The van der Waals surface area contributed by atoms with Crippen LogP contribution in [0.5, 0.6) is 0 Å². The summed E-state index contributed by atoms with van der Waals surface area (Å²) in [5.74, 6) is 0.125. The largest absolute Gasteiger partial charge is 0.396 e. The first kappa shape index (κ1) is 17.8. The Labute approximate surface area is 138 Å². The highest BCUT2D eigenvalue weighted by atomic mass is 16.5. The molecule has 2 rings (SSSR count). The smallest absolute Gasteiger partial charge is 0.315 e. The number of urea groups is 1. The van der Waals surface area contributed by atoms with Gasteiger partial charge in [0, 0.05) is 25.1 Å². The highest BCUT2D eigenvalue weighted by molar-refractivity contribution is 5.74. The maximum atomic E-state index is 12.1. The molecule has 5 heteroatoms. The molecular formula is C18H28N2O3. The zero-order valence-electron chi connectivity index (χ0n) is 14.0. The summed E-state index contributed by atoms with van der Waals surface area (Å²) in [6, 6.07) is 9.99. The third-order valence-corrected chi connectivity index (χ3v) is 4.29. The summed E-state index contributed by atoms with van der Waals surface area (Å²) >= 11 is 0. The van der Waals surface area contributed by atoms with Crippen LogP contribution in [-0.2, 0) is 4.74 Å². The van der Waals surface area contributed by atoms with Gasteiger partial charge in [-0.05, 0) is 38.7 Å². The lowest BCUT2D eigenvalue weighted by Gasteiger charge is -2.32. The van der Waals surface area contributed by atoms with Gasteiger partial charge in [-0.25, -0.2) is 4.79 Å². The third-order valence-electron chi connectivity index (χ3n) is 4.29. The number of benzene rings is 1. The topological polar surface area (TPSA) is 70.6 Å². The summed E-state index contributed by atoms with van der Waals surface area (Å²) in [5.41, 5.74) is 1.13. The number of ether oxygens (including phenoxy) is 1. The zero-order chi connectivity index (χ0) is 16.7. The van der Waals surface area contributed by atoms with Gasteiger partial charge in [-0.15, -0.1) is 0 Å². The summed E-state index contributed by atoms with van der Waals surface area (Å²) in [4.78, 5) is 12.1. The fourth-order valence-electron chi connectivity index (χ4n) is 3.24. The molecule has 1 aromatic rings. The van der Waals surface area contributed by atoms with Crippen LogP contribution in [0.1, 0.15) is 44.6 Å². The molecule has 1 aromatic carbocycles. The molecule has 0 aromatic heterocycles. The van der Waals surface area contributed by atoms with Crippen LogP contribution in [-0.4, -0.2) is 42.5 Å². The number of rotatable bonds is 6. The zero-order valence-corrected chi connectivity index (χ0v) is 14.0. The normalized spacial score (nSPS) is 25.6. The van der Waals surface area contributed by atoms with E-state index in [0.29, 0.717) is 13.0 Å². The molecule has 1 aliphatic rings. The predicted octanol–water partition coefficient (Wildman–Crippen LogP) is 2.41. The molecule has 1 aliphatic heterocycles. The highest BCUT2D eigenvalue weighted by Gasteiger charge is 2.25. The molecule has 5 nitrogen and oxygen atoms in total. The van der Waals surface area contributed by atoms with Crippen molar-refractivity contribution in [2.75, 3.05) is 13.2 Å². The van der Waals surface area contributed by atoms with Gasteiger partial charge in [-0.3, -0.25) is 0 Å².